The van der Waals surface area contributed by atoms with Gasteiger partial charge in [0.25, 0.3) is 0 Å². The van der Waals surface area contributed by atoms with Crippen LogP contribution >= 0.6 is 15.9 Å². The fourth-order valence-electron chi connectivity index (χ4n) is 1.86. The van der Waals surface area contributed by atoms with Gasteiger partial charge in [-0.2, -0.15) is 18.3 Å². The molecule has 1 aromatic rings. The lowest BCUT2D eigenvalue weighted by molar-refractivity contribution is -0.165. The minimum absolute atomic E-state index is 0.0581. The van der Waals surface area contributed by atoms with Crippen LogP contribution in [0.4, 0.5) is 13.2 Å². The minimum Gasteiger partial charge on any atom is -0.323 e. The molecule has 0 bridgehead atoms. The van der Waals surface area contributed by atoms with E-state index in [-0.39, 0.29) is 18.6 Å². The van der Waals surface area contributed by atoms with Crippen molar-refractivity contribution in [3.8, 4) is 0 Å². The first-order valence-corrected chi connectivity index (χ1v) is 5.81. The highest BCUT2D eigenvalue weighted by Gasteiger charge is 2.66. The summed E-state index contributed by atoms with van der Waals surface area (Å²) >= 11 is 3.23. The van der Waals surface area contributed by atoms with Crippen molar-refractivity contribution in [2.24, 2.45) is 16.4 Å². The molecule has 0 radical (unpaired) electrons. The molecule has 1 fully saturated rings. The number of nitrogens with zero attached hydrogens (tertiary/aromatic N) is 1. The van der Waals surface area contributed by atoms with Gasteiger partial charge in [0, 0.05) is 4.47 Å². The second-order valence-electron chi connectivity index (χ2n) is 4.06. The first kappa shape index (κ1) is 12.4. The summed E-state index contributed by atoms with van der Waals surface area (Å²) in [6.07, 6.45) is -4.18. The lowest BCUT2D eigenvalue weighted by Gasteiger charge is -2.20. The molecule has 0 aromatic heterocycles. The van der Waals surface area contributed by atoms with E-state index < -0.39 is 11.6 Å². The van der Waals surface area contributed by atoms with Crippen molar-refractivity contribution in [3.05, 3.63) is 34.3 Å². The van der Waals surface area contributed by atoms with Crippen molar-refractivity contribution >= 4 is 21.6 Å². The third-order valence-corrected chi connectivity index (χ3v) is 3.52. The van der Waals surface area contributed by atoms with Crippen molar-refractivity contribution in [1.82, 2.24) is 0 Å². The molecule has 1 saturated carbocycles. The van der Waals surface area contributed by atoms with E-state index >= 15 is 0 Å². The molecule has 0 unspecified atom stereocenters. The lowest BCUT2D eigenvalue weighted by Crippen LogP contribution is -2.34. The van der Waals surface area contributed by atoms with E-state index in [1.165, 1.54) is 0 Å². The first-order valence-electron chi connectivity index (χ1n) is 5.02. The highest BCUT2D eigenvalue weighted by molar-refractivity contribution is 9.10. The van der Waals surface area contributed by atoms with Crippen LogP contribution in [0.15, 0.2) is 33.8 Å². The number of hydrogen-bond acceptors (Lipinski definition) is 2. The molecule has 17 heavy (non-hydrogen) atoms. The van der Waals surface area contributed by atoms with Gasteiger partial charge in [0.2, 0.25) is 0 Å². The summed E-state index contributed by atoms with van der Waals surface area (Å²) in [6.45, 7) is 0. The molecule has 92 valence electrons. The molecule has 2 rings (SSSR count). The van der Waals surface area contributed by atoms with Gasteiger partial charge in [-0.1, -0.05) is 28.1 Å². The maximum Gasteiger partial charge on any atom is 0.400 e. The molecule has 2 nitrogen and oxygen atoms in total. The van der Waals surface area contributed by atoms with Crippen LogP contribution in [-0.4, -0.2) is 11.9 Å². The fraction of sp³-hybridized carbons (Fsp3) is 0.364. The molecule has 0 spiro atoms. The summed E-state index contributed by atoms with van der Waals surface area (Å²) in [5, 5.41) is 3.37. The summed E-state index contributed by atoms with van der Waals surface area (Å²) < 4.78 is 39.7. The van der Waals surface area contributed by atoms with Crippen LogP contribution in [0.5, 0.6) is 0 Å². The Bertz CT molecular complexity index is 447. The topological polar surface area (TPSA) is 38.4 Å². The van der Waals surface area contributed by atoms with E-state index in [0.717, 1.165) is 4.47 Å². The van der Waals surface area contributed by atoms with E-state index in [0.29, 0.717) is 5.56 Å². The van der Waals surface area contributed by atoms with E-state index in [9.17, 15) is 13.2 Å². The zero-order chi connectivity index (χ0) is 12.7. The quantitative estimate of drug-likeness (QED) is 0.507. The molecular formula is C11H10BrF3N2. The van der Waals surface area contributed by atoms with E-state index in [1.807, 2.05) is 0 Å². The maximum absolute atomic E-state index is 13.0. The Morgan fingerprint density at radius 3 is 2.12 bits per heavy atom. The molecule has 2 N–H and O–H groups in total. The van der Waals surface area contributed by atoms with Crippen molar-refractivity contribution in [1.29, 1.82) is 0 Å². The Morgan fingerprint density at radius 2 is 1.76 bits per heavy atom. The number of halogens is 4. The van der Waals surface area contributed by atoms with Crippen molar-refractivity contribution in [2.75, 3.05) is 0 Å². The molecule has 0 atom stereocenters. The number of hydrogen-bond donors (Lipinski definition) is 1. The van der Waals surface area contributed by atoms with Crippen LogP contribution in [0.3, 0.4) is 0 Å². The van der Waals surface area contributed by atoms with Crippen LogP contribution in [0.2, 0.25) is 0 Å². The number of hydrazone groups is 1. The largest absolute Gasteiger partial charge is 0.400 e. The van der Waals surface area contributed by atoms with E-state index in [2.05, 4.69) is 21.0 Å². The lowest BCUT2D eigenvalue weighted by atomic mass is 9.93. The van der Waals surface area contributed by atoms with Gasteiger partial charge >= 0.3 is 6.18 Å². The molecule has 0 aliphatic heterocycles. The number of alkyl halides is 3. The molecular weight excluding hydrogens is 297 g/mol. The third kappa shape index (κ3) is 2.06. The number of benzene rings is 1. The highest BCUT2D eigenvalue weighted by atomic mass is 79.9. The van der Waals surface area contributed by atoms with Crippen LogP contribution in [-0.2, 0) is 0 Å². The van der Waals surface area contributed by atoms with Gasteiger partial charge in [0.05, 0.1) is 5.71 Å². The van der Waals surface area contributed by atoms with Crippen molar-refractivity contribution in [3.63, 3.8) is 0 Å². The Labute approximate surface area is 105 Å². The van der Waals surface area contributed by atoms with E-state index in [4.69, 9.17) is 5.84 Å². The monoisotopic (exact) mass is 306 g/mol. The summed E-state index contributed by atoms with van der Waals surface area (Å²) in [6, 6.07) is 6.52. The van der Waals surface area contributed by atoms with Gasteiger partial charge in [-0.25, -0.2) is 0 Å². The predicted molar refractivity (Wildman–Crippen MR) is 62.6 cm³/mol. The second kappa shape index (κ2) is 4.01. The average Bonchev–Trinajstić information content (AvgIpc) is 3.02. The van der Waals surface area contributed by atoms with Gasteiger partial charge in [0.1, 0.15) is 5.41 Å². The fourth-order valence-corrected chi connectivity index (χ4v) is 2.13. The predicted octanol–water partition coefficient (Wildman–Crippen LogP) is 3.45. The van der Waals surface area contributed by atoms with Crippen LogP contribution in [0.25, 0.3) is 0 Å². The highest BCUT2D eigenvalue weighted by Crippen LogP contribution is 2.59. The standard InChI is InChI=1S/C11H10BrF3N2/c12-8-3-1-7(2-4-8)9(17-16)10(5-6-10)11(13,14)15/h1-4H,5-6,16H2/b17-9+. The average molecular weight is 307 g/mol. The Balaban J connectivity index is 2.40. The van der Waals surface area contributed by atoms with E-state index in [1.54, 1.807) is 24.3 Å². The van der Waals surface area contributed by atoms with Gasteiger partial charge in [-0.05, 0) is 30.5 Å². The molecule has 1 aliphatic rings. The van der Waals surface area contributed by atoms with Crippen LogP contribution < -0.4 is 5.84 Å². The molecule has 0 saturated heterocycles. The second-order valence-corrected chi connectivity index (χ2v) is 4.98. The van der Waals surface area contributed by atoms with Gasteiger partial charge in [0.15, 0.2) is 0 Å². The Morgan fingerprint density at radius 1 is 1.24 bits per heavy atom. The Kier molecular flexibility index (Phi) is 2.93. The molecule has 0 amide bonds. The number of nitrogens with two attached hydrogens (primary N) is 1. The Hall–Kier alpha value is -1.04. The normalized spacial score (nSPS) is 19.2. The van der Waals surface area contributed by atoms with Crippen LogP contribution in [0.1, 0.15) is 18.4 Å². The summed E-state index contributed by atoms with van der Waals surface area (Å²) in [5.41, 5.74) is -1.49. The smallest absolute Gasteiger partial charge is 0.323 e. The summed E-state index contributed by atoms with van der Waals surface area (Å²) in [7, 11) is 0. The van der Waals surface area contributed by atoms with Crippen molar-refractivity contribution < 1.29 is 13.2 Å². The van der Waals surface area contributed by atoms with Crippen LogP contribution in [0, 0.1) is 5.41 Å². The van der Waals surface area contributed by atoms with Gasteiger partial charge in [-0.3, -0.25) is 0 Å². The van der Waals surface area contributed by atoms with Crippen molar-refractivity contribution in [2.45, 2.75) is 19.0 Å². The summed E-state index contributed by atoms with van der Waals surface area (Å²) in [4.78, 5) is 0. The third-order valence-electron chi connectivity index (χ3n) is 2.99. The van der Waals surface area contributed by atoms with Gasteiger partial charge in [-0.15, -0.1) is 0 Å². The minimum atomic E-state index is -4.29. The summed E-state index contributed by atoms with van der Waals surface area (Å²) in [5.74, 6) is 5.14. The first-order chi connectivity index (χ1) is 7.90. The molecule has 6 heteroatoms. The van der Waals surface area contributed by atoms with Gasteiger partial charge < -0.3 is 5.84 Å². The molecule has 0 heterocycles. The molecule has 1 aromatic carbocycles. The number of rotatable bonds is 2. The molecule has 1 aliphatic carbocycles. The zero-order valence-corrected chi connectivity index (χ0v) is 10.3. The zero-order valence-electron chi connectivity index (χ0n) is 8.76. The maximum atomic E-state index is 13.0. The SMILES string of the molecule is N/N=C(\c1ccc(Br)cc1)C1(C(F)(F)F)CC1.